The minimum absolute atomic E-state index is 0.0162. The summed E-state index contributed by atoms with van der Waals surface area (Å²) >= 11 is 17.6. The molecule has 2 rings (SSSR count). The van der Waals surface area contributed by atoms with Crippen molar-refractivity contribution in [1.29, 1.82) is 0 Å². The Balaban J connectivity index is 2.34. The lowest BCUT2D eigenvalue weighted by Gasteiger charge is -2.07. The van der Waals surface area contributed by atoms with Gasteiger partial charge in [0.15, 0.2) is 5.75 Å². The maximum absolute atomic E-state index is 5.98. The quantitative estimate of drug-likeness (QED) is 0.937. The molecule has 8 heteroatoms. The lowest BCUT2D eigenvalue weighted by Crippen LogP contribution is -2.01. The molecule has 0 bridgehead atoms. The molecule has 2 aromatic rings. The second-order valence-corrected chi connectivity index (χ2v) is 4.24. The van der Waals surface area contributed by atoms with E-state index in [-0.39, 0.29) is 16.3 Å². The van der Waals surface area contributed by atoms with E-state index < -0.39 is 0 Å². The zero-order valence-electron chi connectivity index (χ0n) is 9.12. The lowest BCUT2D eigenvalue weighted by molar-refractivity contribution is 0.441. The van der Waals surface area contributed by atoms with E-state index in [0.29, 0.717) is 16.7 Å². The summed E-state index contributed by atoms with van der Waals surface area (Å²) in [6, 6.07) is 5.02. The Hall–Kier alpha value is -1.30. The summed E-state index contributed by atoms with van der Waals surface area (Å²) in [5.41, 5.74) is 0. The third kappa shape index (κ3) is 2.93. The highest BCUT2D eigenvalue weighted by atomic mass is 35.5. The van der Waals surface area contributed by atoms with Crippen LogP contribution in [0.2, 0.25) is 15.3 Å². The number of ether oxygens (including phenoxy) is 1. The van der Waals surface area contributed by atoms with Gasteiger partial charge >= 0.3 is 6.01 Å². The molecule has 0 saturated heterocycles. The van der Waals surface area contributed by atoms with Crippen molar-refractivity contribution in [2.24, 2.45) is 0 Å². The molecule has 1 N–H and O–H groups in total. The van der Waals surface area contributed by atoms with E-state index in [0.717, 1.165) is 0 Å². The first kappa shape index (κ1) is 13.1. The van der Waals surface area contributed by atoms with Gasteiger partial charge in [0, 0.05) is 7.05 Å². The number of anilines is 1. The highest BCUT2D eigenvalue weighted by Crippen LogP contribution is 2.33. The van der Waals surface area contributed by atoms with Gasteiger partial charge in [-0.3, -0.25) is 0 Å². The first-order chi connectivity index (χ1) is 8.60. The van der Waals surface area contributed by atoms with E-state index in [1.807, 2.05) is 0 Å². The van der Waals surface area contributed by atoms with Crippen LogP contribution in [0.1, 0.15) is 0 Å². The van der Waals surface area contributed by atoms with Crippen molar-refractivity contribution in [2.45, 2.75) is 0 Å². The predicted octanol–water partition coefficient (Wildman–Crippen LogP) is 3.67. The first-order valence-electron chi connectivity index (χ1n) is 4.81. The monoisotopic (exact) mass is 304 g/mol. The third-order valence-corrected chi connectivity index (χ3v) is 2.90. The summed E-state index contributed by atoms with van der Waals surface area (Å²) < 4.78 is 5.41. The zero-order chi connectivity index (χ0) is 13.1. The molecule has 0 atom stereocenters. The van der Waals surface area contributed by atoms with Gasteiger partial charge in [-0.2, -0.15) is 15.0 Å². The van der Waals surface area contributed by atoms with E-state index in [1.54, 1.807) is 25.2 Å². The van der Waals surface area contributed by atoms with Gasteiger partial charge < -0.3 is 10.1 Å². The number of hydrogen-bond donors (Lipinski definition) is 1. The van der Waals surface area contributed by atoms with Gasteiger partial charge in [-0.1, -0.05) is 29.3 Å². The number of aromatic nitrogens is 3. The smallest absolute Gasteiger partial charge is 0.328 e. The zero-order valence-corrected chi connectivity index (χ0v) is 11.4. The Kier molecular flexibility index (Phi) is 4.06. The number of nitrogens with one attached hydrogen (secondary N) is 1. The predicted molar refractivity (Wildman–Crippen MR) is 70.9 cm³/mol. The van der Waals surface area contributed by atoms with E-state index in [9.17, 15) is 0 Å². The first-order valence-corrected chi connectivity index (χ1v) is 5.94. The van der Waals surface area contributed by atoms with Crippen LogP contribution in [-0.2, 0) is 0 Å². The molecule has 0 amide bonds. The Morgan fingerprint density at radius 1 is 1.11 bits per heavy atom. The SMILES string of the molecule is CNc1nc(Cl)nc(Oc2cccc(Cl)c2Cl)n1. The number of halogens is 3. The fourth-order valence-corrected chi connectivity index (χ4v) is 1.63. The molecule has 0 unspecified atom stereocenters. The van der Waals surface area contributed by atoms with Crippen molar-refractivity contribution in [3.8, 4) is 11.8 Å². The molecule has 1 heterocycles. The van der Waals surface area contributed by atoms with Crippen molar-refractivity contribution >= 4 is 40.8 Å². The molecule has 5 nitrogen and oxygen atoms in total. The standard InChI is InChI=1S/C10H7Cl3N4O/c1-14-9-15-8(13)16-10(17-9)18-6-4-2-3-5(11)7(6)12/h2-4H,1H3,(H,14,15,16,17). The molecular weight excluding hydrogens is 298 g/mol. The summed E-state index contributed by atoms with van der Waals surface area (Å²) in [4.78, 5) is 11.6. The Labute approximate surface area is 118 Å². The van der Waals surface area contributed by atoms with Gasteiger partial charge in [-0.05, 0) is 23.7 Å². The van der Waals surface area contributed by atoms with Crippen LogP contribution < -0.4 is 10.1 Å². The molecule has 18 heavy (non-hydrogen) atoms. The summed E-state index contributed by atoms with van der Waals surface area (Å²) in [6.45, 7) is 0. The van der Waals surface area contributed by atoms with Crippen molar-refractivity contribution in [3.05, 3.63) is 33.5 Å². The van der Waals surface area contributed by atoms with E-state index in [2.05, 4.69) is 20.3 Å². The van der Waals surface area contributed by atoms with Crippen LogP contribution in [0, 0.1) is 0 Å². The van der Waals surface area contributed by atoms with Crippen LogP contribution in [0.15, 0.2) is 18.2 Å². The summed E-state index contributed by atoms with van der Waals surface area (Å²) in [5, 5.41) is 3.41. The number of rotatable bonds is 3. The fourth-order valence-electron chi connectivity index (χ4n) is 1.15. The summed E-state index contributed by atoms with van der Waals surface area (Å²) in [6.07, 6.45) is 0. The molecule has 1 aromatic carbocycles. The van der Waals surface area contributed by atoms with Crippen LogP contribution in [0.5, 0.6) is 11.8 Å². The van der Waals surface area contributed by atoms with Gasteiger partial charge in [-0.25, -0.2) is 0 Å². The van der Waals surface area contributed by atoms with E-state index in [4.69, 9.17) is 39.5 Å². The molecular formula is C10H7Cl3N4O. The molecule has 0 aliphatic rings. The average molecular weight is 306 g/mol. The number of benzene rings is 1. The third-order valence-electron chi connectivity index (χ3n) is 1.93. The van der Waals surface area contributed by atoms with Crippen LogP contribution in [0.4, 0.5) is 5.95 Å². The molecule has 0 aliphatic heterocycles. The topological polar surface area (TPSA) is 59.9 Å². The van der Waals surface area contributed by atoms with Crippen molar-refractivity contribution < 1.29 is 4.74 Å². The number of hydrogen-bond acceptors (Lipinski definition) is 5. The second kappa shape index (κ2) is 5.56. The molecule has 0 aliphatic carbocycles. The Bertz CT molecular complexity index is 579. The molecule has 0 saturated carbocycles. The van der Waals surface area contributed by atoms with E-state index >= 15 is 0 Å². The highest BCUT2D eigenvalue weighted by Gasteiger charge is 2.10. The molecule has 94 valence electrons. The van der Waals surface area contributed by atoms with Gasteiger partial charge in [0.05, 0.1) is 5.02 Å². The molecule has 0 fully saturated rings. The van der Waals surface area contributed by atoms with Gasteiger partial charge in [0.2, 0.25) is 11.2 Å². The minimum Gasteiger partial charge on any atom is -0.422 e. The largest absolute Gasteiger partial charge is 0.422 e. The van der Waals surface area contributed by atoms with Crippen LogP contribution in [-0.4, -0.2) is 22.0 Å². The highest BCUT2D eigenvalue weighted by molar-refractivity contribution is 6.42. The van der Waals surface area contributed by atoms with Crippen LogP contribution in [0.25, 0.3) is 0 Å². The Morgan fingerprint density at radius 3 is 2.61 bits per heavy atom. The fraction of sp³-hybridized carbons (Fsp3) is 0.100. The average Bonchev–Trinajstić information content (AvgIpc) is 2.34. The van der Waals surface area contributed by atoms with Crippen LogP contribution >= 0.6 is 34.8 Å². The minimum atomic E-state index is 0.0162. The second-order valence-electron chi connectivity index (χ2n) is 3.11. The summed E-state index contributed by atoms with van der Waals surface area (Å²) in [7, 11) is 1.65. The van der Waals surface area contributed by atoms with Gasteiger partial charge in [-0.15, -0.1) is 0 Å². The van der Waals surface area contributed by atoms with Gasteiger partial charge in [0.1, 0.15) is 5.02 Å². The molecule has 1 aromatic heterocycles. The lowest BCUT2D eigenvalue weighted by atomic mass is 10.3. The Morgan fingerprint density at radius 2 is 1.89 bits per heavy atom. The van der Waals surface area contributed by atoms with Crippen molar-refractivity contribution in [1.82, 2.24) is 15.0 Å². The van der Waals surface area contributed by atoms with Crippen molar-refractivity contribution in [2.75, 3.05) is 12.4 Å². The van der Waals surface area contributed by atoms with Crippen LogP contribution in [0.3, 0.4) is 0 Å². The van der Waals surface area contributed by atoms with E-state index in [1.165, 1.54) is 0 Å². The van der Waals surface area contributed by atoms with Crippen molar-refractivity contribution in [3.63, 3.8) is 0 Å². The maximum atomic E-state index is 5.98. The normalized spacial score (nSPS) is 10.2. The number of nitrogens with zero attached hydrogens (tertiary/aromatic N) is 3. The molecule has 0 radical (unpaired) electrons. The molecule has 0 spiro atoms. The summed E-state index contributed by atoms with van der Waals surface area (Å²) in [5.74, 6) is 0.636. The van der Waals surface area contributed by atoms with Gasteiger partial charge in [0.25, 0.3) is 0 Å². The maximum Gasteiger partial charge on any atom is 0.328 e.